The van der Waals surface area contributed by atoms with E-state index < -0.39 is 15.3 Å². The van der Waals surface area contributed by atoms with Crippen molar-refractivity contribution in [3.8, 4) is 5.88 Å². The molecule has 1 aromatic rings. The van der Waals surface area contributed by atoms with Gasteiger partial charge in [-0.15, -0.1) is 0 Å². The Morgan fingerprint density at radius 1 is 1.47 bits per heavy atom. The number of hydrogen-bond donors (Lipinski definition) is 1. The molecule has 0 aliphatic heterocycles. The molecule has 2 N–H and O–H groups in total. The Morgan fingerprint density at radius 2 is 2.13 bits per heavy atom. The van der Waals surface area contributed by atoms with Crippen LogP contribution in [0.15, 0.2) is 12.4 Å². The predicted molar refractivity (Wildman–Crippen MR) is 54.9 cm³/mol. The number of sulfonamides is 1. The minimum absolute atomic E-state index is 0.246. The van der Waals surface area contributed by atoms with E-state index in [1.165, 1.54) is 26.4 Å². The van der Waals surface area contributed by atoms with Crippen molar-refractivity contribution in [2.45, 2.75) is 18.6 Å². The van der Waals surface area contributed by atoms with Crippen LogP contribution in [0.2, 0.25) is 0 Å². The van der Waals surface area contributed by atoms with Gasteiger partial charge in [-0.05, 0) is 6.92 Å². The zero-order chi connectivity index (χ0) is 11.5. The first-order valence-corrected chi connectivity index (χ1v) is 5.91. The van der Waals surface area contributed by atoms with Gasteiger partial charge in [-0.3, -0.25) is 4.98 Å². The molecule has 0 aliphatic carbocycles. The van der Waals surface area contributed by atoms with Crippen molar-refractivity contribution in [1.82, 2.24) is 9.97 Å². The molecule has 0 spiro atoms. The largest absolute Gasteiger partial charge is 0.480 e. The molecular formula is C8H13N3O3S. The number of hydrogen-bond acceptors (Lipinski definition) is 5. The number of ether oxygens (including phenoxy) is 1. The monoisotopic (exact) mass is 231 g/mol. The molecule has 1 atom stereocenters. The Kier molecular flexibility index (Phi) is 3.59. The van der Waals surface area contributed by atoms with Crippen LogP contribution < -0.4 is 9.88 Å². The molecule has 15 heavy (non-hydrogen) atoms. The Balaban J connectivity index is 2.74. The second-order valence-electron chi connectivity index (χ2n) is 3.15. The summed E-state index contributed by atoms with van der Waals surface area (Å²) in [6, 6.07) is 0. The fourth-order valence-electron chi connectivity index (χ4n) is 0.964. The normalized spacial score (nSPS) is 13.5. The van der Waals surface area contributed by atoms with E-state index >= 15 is 0 Å². The average molecular weight is 231 g/mol. The molecule has 0 aliphatic rings. The molecular weight excluding hydrogens is 218 g/mol. The fraction of sp³-hybridized carbons (Fsp3) is 0.500. The van der Waals surface area contributed by atoms with Crippen LogP contribution in [0.1, 0.15) is 12.6 Å². The van der Waals surface area contributed by atoms with Crippen LogP contribution in [0.25, 0.3) is 0 Å². The van der Waals surface area contributed by atoms with Crippen molar-refractivity contribution in [2.24, 2.45) is 5.14 Å². The highest BCUT2D eigenvalue weighted by molar-refractivity contribution is 7.89. The quantitative estimate of drug-likeness (QED) is 0.768. The highest BCUT2D eigenvalue weighted by Gasteiger charge is 2.16. The number of methoxy groups -OCH3 is 1. The molecule has 7 heteroatoms. The molecule has 0 aromatic carbocycles. The molecule has 1 heterocycles. The summed E-state index contributed by atoms with van der Waals surface area (Å²) in [6.07, 6.45) is 3.15. The third-order valence-electron chi connectivity index (χ3n) is 1.95. The summed E-state index contributed by atoms with van der Waals surface area (Å²) in [7, 11) is -2.03. The maximum Gasteiger partial charge on any atom is 0.231 e. The molecule has 0 unspecified atom stereocenters. The lowest BCUT2D eigenvalue weighted by atomic mass is 10.2. The smallest absolute Gasteiger partial charge is 0.231 e. The van der Waals surface area contributed by atoms with Crippen molar-refractivity contribution in [2.75, 3.05) is 7.11 Å². The number of primary sulfonamides is 1. The number of aromatic nitrogens is 2. The van der Waals surface area contributed by atoms with Gasteiger partial charge in [-0.25, -0.2) is 18.5 Å². The predicted octanol–water partition coefficient (Wildman–Crippen LogP) is -0.295. The van der Waals surface area contributed by atoms with Crippen LogP contribution in [0, 0.1) is 0 Å². The number of nitrogens with two attached hydrogens (primary N) is 1. The average Bonchev–Trinajstić information content (AvgIpc) is 2.17. The fourth-order valence-corrected chi connectivity index (χ4v) is 1.37. The SMILES string of the molecule is COc1cnc(C[C@@H](C)S(N)(=O)=O)cn1. The summed E-state index contributed by atoms with van der Waals surface area (Å²) in [4.78, 5) is 7.91. The molecule has 6 nitrogen and oxygen atoms in total. The highest BCUT2D eigenvalue weighted by Crippen LogP contribution is 2.07. The van der Waals surface area contributed by atoms with Gasteiger partial charge in [0, 0.05) is 6.42 Å². The van der Waals surface area contributed by atoms with Crippen molar-refractivity contribution in [3.63, 3.8) is 0 Å². The maximum atomic E-state index is 11.0. The van der Waals surface area contributed by atoms with Gasteiger partial charge in [-0.2, -0.15) is 0 Å². The van der Waals surface area contributed by atoms with Crippen LogP contribution >= 0.6 is 0 Å². The van der Waals surface area contributed by atoms with Gasteiger partial charge in [0.2, 0.25) is 15.9 Å². The molecule has 0 saturated heterocycles. The summed E-state index contributed by atoms with van der Waals surface area (Å²) >= 11 is 0. The zero-order valence-electron chi connectivity index (χ0n) is 8.54. The second-order valence-corrected chi connectivity index (χ2v) is 5.14. The third-order valence-corrected chi connectivity index (χ3v) is 3.24. The van der Waals surface area contributed by atoms with Crippen LogP contribution in [0.4, 0.5) is 0 Å². The Hall–Kier alpha value is -1.21. The lowest BCUT2D eigenvalue weighted by Gasteiger charge is -2.07. The summed E-state index contributed by atoms with van der Waals surface area (Å²) in [5.74, 6) is 0.391. The molecule has 84 valence electrons. The van der Waals surface area contributed by atoms with E-state index in [4.69, 9.17) is 9.88 Å². The van der Waals surface area contributed by atoms with E-state index in [0.29, 0.717) is 11.6 Å². The van der Waals surface area contributed by atoms with Crippen LogP contribution in [-0.2, 0) is 16.4 Å². The van der Waals surface area contributed by atoms with Gasteiger partial charge in [-0.1, -0.05) is 0 Å². The number of rotatable bonds is 4. The van der Waals surface area contributed by atoms with E-state index in [-0.39, 0.29) is 6.42 Å². The van der Waals surface area contributed by atoms with Crippen LogP contribution in [0.3, 0.4) is 0 Å². The molecule has 1 rings (SSSR count). The van der Waals surface area contributed by atoms with Gasteiger partial charge < -0.3 is 4.74 Å². The van der Waals surface area contributed by atoms with E-state index in [0.717, 1.165) is 0 Å². The first-order chi connectivity index (χ1) is 6.93. The minimum Gasteiger partial charge on any atom is -0.480 e. The summed E-state index contributed by atoms with van der Waals surface area (Å²) < 4.78 is 26.8. The lowest BCUT2D eigenvalue weighted by Crippen LogP contribution is -2.27. The van der Waals surface area contributed by atoms with Crippen molar-refractivity contribution in [3.05, 3.63) is 18.1 Å². The van der Waals surface area contributed by atoms with Crippen molar-refractivity contribution >= 4 is 10.0 Å². The van der Waals surface area contributed by atoms with Crippen LogP contribution in [-0.4, -0.2) is 30.7 Å². The molecule has 0 fully saturated rings. The number of nitrogens with zero attached hydrogens (tertiary/aromatic N) is 2. The van der Waals surface area contributed by atoms with Gasteiger partial charge in [0.05, 0.1) is 30.4 Å². The molecule has 0 saturated carbocycles. The summed E-state index contributed by atoms with van der Waals surface area (Å²) in [5, 5.41) is 4.32. The van der Waals surface area contributed by atoms with Crippen molar-refractivity contribution < 1.29 is 13.2 Å². The second kappa shape index (κ2) is 4.54. The van der Waals surface area contributed by atoms with E-state index in [1.807, 2.05) is 0 Å². The van der Waals surface area contributed by atoms with Crippen molar-refractivity contribution in [1.29, 1.82) is 0 Å². The Morgan fingerprint density at radius 3 is 2.53 bits per heavy atom. The maximum absolute atomic E-state index is 11.0. The standard InChI is InChI=1S/C8H13N3O3S/c1-6(15(9,12)13)3-7-4-11-8(14-2)5-10-7/h4-6H,3H2,1-2H3,(H2,9,12,13)/t6-/m1/s1. The molecule has 0 bridgehead atoms. The third kappa shape index (κ3) is 3.45. The Labute approximate surface area is 88.5 Å². The van der Waals surface area contributed by atoms with E-state index in [1.54, 1.807) is 0 Å². The molecule has 0 amide bonds. The van der Waals surface area contributed by atoms with Crippen LogP contribution in [0.5, 0.6) is 5.88 Å². The van der Waals surface area contributed by atoms with Gasteiger partial charge in [0.1, 0.15) is 0 Å². The Bertz CT molecular complexity index is 415. The molecule has 0 radical (unpaired) electrons. The van der Waals surface area contributed by atoms with Gasteiger partial charge in [0.15, 0.2) is 0 Å². The summed E-state index contributed by atoms with van der Waals surface area (Å²) in [6.45, 7) is 1.53. The van der Waals surface area contributed by atoms with Gasteiger partial charge >= 0.3 is 0 Å². The lowest BCUT2D eigenvalue weighted by molar-refractivity contribution is 0.395. The van der Waals surface area contributed by atoms with E-state index in [2.05, 4.69) is 9.97 Å². The van der Waals surface area contributed by atoms with E-state index in [9.17, 15) is 8.42 Å². The first kappa shape index (κ1) is 11.9. The topological polar surface area (TPSA) is 95.2 Å². The zero-order valence-corrected chi connectivity index (χ0v) is 9.36. The summed E-state index contributed by atoms with van der Waals surface area (Å²) in [5.41, 5.74) is 0.567. The van der Waals surface area contributed by atoms with Gasteiger partial charge in [0.25, 0.3) is 0 Å². The first-order valence-electron chi connectivity index (χ1n) is 4.30. The molecule has 1 aromatic heterocycles. The minimum atomic E-state index is -3.52. The highest BCUT2D eigenvalue weighted by atomic mass is 32.2.